The van der Waals surface area contributed by atoms with Crippen LogP contribution in [0.15, 0.2) is 0 Å². The van der Waals surface area contributed by atoms with Crippen LogP contribution in [0, 0.1) is 0 Å². The molecule has 0 radical (unpaired) electrons. The molecule has 0 aromatic carbocycles. The van der Waals surface area contributed by atoms with Crippen molar-refractivity contribution in [3.05, 3.63) is 0 Å². The predicted octanol–water partition coefficient (Wildman–Crippen LogP) is 0.426. The van der Waals surface area contributed by atoms with Gasteiger partial charge in [0, 0.05) is 6.54 Å². The second-order valence-corrected chi connectivity index (χ2v) is 1.50. The normalized spacial score (nSPS) is 7.56. The van der Waals surface area contributed by atoms with E-state index in [9.17, 15) is 5.25 Å². The van der Waals surface area contributed by atoms with Crippen LogP contribution < -0.4 is 5.32 Å². The van der Waals surface area contributed by atoms with Gasteiger partial charge in [-0.05, 0) is 6.54 Å². The van der Waals surface area contributed by atoms with Crippen molar-refractivity contribution in [3.8, 4) is 0 Å². The van der Waals surface area contributed by atoms with E-state index in [1.807, 2.05) is 6.92 Å². The zero-order valence-electron chi connectivity index (χ0n) is 5.32. The molecule has 0 atom stereocenters. The molecule has 0 bridgehead atoms. The molecular formula is C4H11F2NOZr. The summed E-state index contributed by atoms with van der Waals surface area (Å²) in [4.78, 5) is 0. The van der Waals surface area contributed by atoms with E-state index in [1.54, 1.807) is 0 Å². The first-order chi connectivity index (χ1) is 4.33. The molecule has 2 N–H and O–H groups in total. The van der Waals surface area contributed by atoms with Crippen LogP contribution in [0.5, 0.6) is 0 Å². The number of aliphatic hydroxyl groups excluding tert-OH is 1. The van der Waals surface area contributed by atoms with Crippen LogP contribution in [-0.4, -0.2) is 24.8 Å². The zero-order chi connectivity index (χ0) is 7.54. The summed E-state index contributed by atoms with van der Waals surface area (Å²) in [6.07, 6.45) is 0. The molecule has 9 heavy (non-hydrogen) atoms. The fourth-order valence-corrected chi connectivity index (χ4v) is 0.256. The quantitative estimate of drug-likeness (QED) is 0.673. The molecule has 56 valence electrons. The van der Waals surface area contributed by atoms with Gasteiger partial charge in [0.1, 0.15) is 0 Å². The average Bonchev–Trinajstić information content (AvgIpc) is 1.86. The summed E-state index contributed by atoms with van der Waals surface area (Å²) in [5, 5.41) is 11.1. The van der Waals surface area contributed by atoms with Crippen LogP contribution in [0.3, 0.4) is 0 Å². The molecule has 5 heteroatoms. The van der Waals surface area contributed by atoms with Crippen molar-refractivity contribution in [2.45, 2.75) is 6.92 Å². The molecule has 0 rings (SSSR count). The number of likely N-dealkylation sites (N-methyl/N-ethyl adjacent to an activating group) is 1. The number of rotatable bonds is 3. The molecule has 0 fully saturated rings. The van der Waals surface area contributed by atoms with E-state index in [0.717, 1.165) is 13.1 Å². The average molecular weight is 218 g/mol. The Morgan fingerprint density at radius 1 is 1.56 bits per heavy atom. The van der Waals surface area contributed by atoms with Crippen molar-refractivity contribution in [2.75, 3.05) is 19.7 Å². The number of hydrogen-bond donors (Lipinski definition) is 2. The monoisotopic (exact) mass is 217 g/mol. The van der Waals surface area contributed by atoms with E-state index in [0.29, 0.717) is 0 Å². The topological polar surface area (TPSA) is 32.3 Å². The Kier molecular flexibility index (Phi) is 21.8. The fourth-order valence-electron chi connectivity index (χ4n) is 0.256. The van der Waals surface area contributed by atoms with Gasteiger partial charge in [-0.3, -0.25) is 0 Å². The van der Waals surface area contributed by atoms with Crippen molar-refractivity contribution in [2.24, 2.45) is 0 Å². The molecule has 0 heterocycles. The van der Waals surface area contributed by atoms with E-state index >= 15 is 0 Å². The molecule has 0 saturated carbocycles. The Morgan fingerprint density at radius 2 is 2.00 bits per heavy atom. The van der Waals surface area contributed by atoms with Crippen LogP contribution >= 0.6 is 0 Å². The van der Waals surface area contributed by atoms with Gasteiger partial charge in [0.15, 0.2) is 0 Å². The van der Waals surface area contributed by atoms with Gasteiger partial charge in [-0.25, -0.2) is 0 Å². The first-order valence-corrected chi connectivity index (χ1v) is 4.47. The molecule has 0 aromatic rings. The second-order valence-electron chi connectivity index (χ2n) is 1.15. The summed E-state index contributed by atoms with van der Waals surface area (Å²) >= 11 is -2.77. The van der Waals surface area contributed by atoms with Crippen molar-refractivity contribution in [1.29, 1.82) is 0 Å². The maximum atomic E-state index is 9.80. The van der Waals surface area contributed by atoms with Crippen LogP contribution in [0.2, 0.25) is 0 Å². The molecule has 0 aromatic heterocycles. The number of hydrogen-bond acceptors (Lipinski definition) is 2. The minimum absolute atomic E-state index is 0.244. The van der Waals surface area contributed by atoms with Crippen LogP contribution in [0.4, 0.5) is 5.25 Å². The van der Waals surface area contributed by atoms with Gasteiger partial charge in [-0.2, -0.15) is 0 Å². The van der Waals surface area contributed by atoms with E-state index < -0.39 is 24.5 Å². The zero-order valence-corrected chi connectivity index (χ0v) is 7.78. The van der Waals surface area contributed by atoms with Crippen LogP contribution in [-0.2, 0) is 24.5 Å². The molecule has 0 amide bonds. The standard InChI is InChI=1S/C4H11NO.2FH.Zr/c1-2-5-3-4-6;;;/h5-6H,2-4H2,1H3;2*1H;/q;;;+2/p-2. The fraction of sp³-hybridized carbons (Fsp3) is 1.00. The van der Waals surface area contributed by atoms with Gasteiger partial charge in [0.25, 0.3) is 0 Å². The number of nitrogens with one attached hydrogen (secondary N) is 1. The third kappa shape index (κ3) is 28.7. The van der Waals surface area contributed by atoms with Gasteiger partial charge in [-0.1, -0.05) is 6.92 Å². The molecule has 0 aliphatic carbocycles. The van der Waals surface area contributed by atoms with Gasteiger partial charge < -0.3 is 10.4 Å². The molecule has 0 saturated heterocycles. The predicted molar refractivity (Wildman–Crippen MR) is 27.8 cm³/mol. The summed E-state index contributed by atoms with van der Waals surface area (Å²) in [5.41, 5.74) is 0. The van der Waals surface area contributed by atoms with E-state index in [2.05, 4.69) is 5.32 Å². The Bertz CT molecular complexity index is 37.7. The van der Waals surface area contributed by atoms with Gasteiger partial charge >= 0.3 is 29.7 Å². The summed E-state index contributed by atoms with van der Waals surface area (Å²) < 4.78 is 19.6. The molecule has 2 nitrogen and oxygen atoms in total. The summed E-state index contributed by atoms with van der Waals surface area (Å²) in [6.45, 7) is 3.92. The first kappa shape index (κ1) is 12.3. The molecule has 0 spiro atoms. The summed E-state index contributed by atoms with van der Waals surface area (Å²) in [5.74, 6) is 0. The number of aliphatic hydroxyl groups is 1. The van der Waals surface area contributed by atoms with Gasteiger partial charge in [0.2, 0.25) is 0 Å². The van der Waals surface area contributed by atoms with Crippen molar-refractivity contribution < 1.29 is 34.8 Å². The van der Waals surface area contributed by atoms with Crippen LogP contribution in [0.1, 0.15) is 6.92 Å². The third-order valence-electron chi connectivity index (χ3n) is 0.539. The Morgan fingerprint density at radius 3 is 2.11 bits per heavy atom. The minimum atomic E-state index is -2.77. The SMILES string of the molecule is CCNCCO.[F][Zr][F]. The van der Waals surface area contributed by atoms with Gasteiger partial charge in [-0.15, -0.1) is 0 Å². The van der Waals surface area contributed by atoms with Crippen LogP contribution in [0.25, 0.3) is 0 Å². The van der Waals surface area contributed by atoms with E-state index in [-0.39, 0.29) is 6.61 Å². The molecular weight excluding hydrogens is 207 g/mol. The Labute approximate surface area is 67.0 Å². The number of halogens is 2. The summed E-state index contributed by atoms with van der Waals surface area (Å²) in [6, 6.07) is 0. The van der Waals surface area contributed by atoms with Gasteiger partial charge in [0.05, 0.1) is 6.61 Å². The maximum absolute atomic E-state index is 9.80. The van der Waals surface area contributed by atoms with E-state index in [1.165, 1.54) is 0 Å². The second kappa shape index (κ2) is 15.9. The van der Waals surface area contributed by atoms with Crippen molar-refractivity contribution in [1.82, 2.24) is 5.32 Å². The first-order valence-electron chi connectivity index (χ1n) is 2.61. The van der Waals surface area contributed by atoms with Crippen molar-refractivity contribution >= 4 is 0 Å². The molecule has 0 unspecified atom stereocenters. The Hall–Kier alpha value is 0.663. The molecule has 0 aliphatic heterocycles. The van der Waals surface area contributed by atoms with E-state index in [4.69, 9.17) is 5.11 Å². The van der Waals surface area contributed by atoms with Crippen molar-refractivity contribution in [3.63, 3.8) is 0 Å². The molecule has 0 aliphatic rings. The third-order valence-corrected chi connectivity index (χ3v) is 0.539. The summed E-state index contributed by atoms with van der Waals surface area (Å²) in [7, 11) is 0. The Balaban J connectivity index is 0.